The molecule has 0 atom stereocenters. The number of methoxy groups -OCH3 is 2. The molecular weight excluding hydrogens is 428 g/mol. The van der Waals surface area contributed by atoms with E-state index in [2.05, 4.69) is 10.0 Å². The smallest absolute Gasteiger partial charge is 0.244 e. The second-order valence-corrected chi connectivity index (χ2v) is 9.45. The van der Waals surface area contributed by atoms with Crippen LogP contribution in [-0.2, 0) is 21.2 Å². The van der Waals surface area contributed by atoms with E-state index in [-0.39, 0.29) is 16.8 Å². The first kappa shape index (κ1) is 23.8. The van der Waals surface area contributed by atoms with Crippen molar-refractivity contribution < 1.29 is 22.7 Å². The molecule has 0 radical (unpaired) electrons. The third kappa shape index (κ3) is 6.58. The predicted octanol–water partition coefficient (Wildman–Crippen LogP) is 3.30. The van der Waals surface area contributed by atoms with Gasteiger partial charge in [-0.1, -0.05) is 31.0 Å². The summed E-state index contributed by atoms with van der Waals surface area (Å²) in [4.78, 5) is 12.4. The number of hydrogen-bond acceptors (Lipinski definition) is 5. The maximum Gasteiger partial charge on any atom is 0.244 e. The van der Waals surface area contributed by atoms with E-state index in [1.807, 2.05) is 6.07 Å². The van der Waals surface area contributed by atoms with Gasteiger partial charge in [-0.3, -0.25) is 4.79 Å². The highest BCUT2D eigenvalue weighted by Crippen LogP contribution is 2.28. The van der Waals surface area contributed by atoms with Gasteiger partial charge in [0, 0.05) is 18.7 Å². The Hall–Kier alpha value is -2.84. The number of nitrogens with one attached hydrogen (secondary N) is 2. The Kier molecular flexibility index (Phi) is 8.30. The highest BCUT2D eigenvalue weighted by atomic mass is 32.2. The molecule has 1 aliphatic rings. The average Bonchev–Trinajstić information content (AvgIpc) is 3.30. The van der Waals surface area contributed by atoms with Crippen molar-refractivity contribution in [3.05, 3.63) is 59.7 Å². The number of carbonyl (C=O) groups is 1. The van der Waals surface area contributed by atoms with Gasteiger partial charge >= 0.3 is 0 Å². The topological polar surface area (TPSA) is 93.7 Å². The lowest BCUT2D eigenvalue weighted by Gasteiger charge is -2.13. The zero-order chi connectivity index (χ0) is 23.0. The minimum absolute atomic E-state index is 0.0435. The van der Waals surface area contributed by atoms with Crippen molar-refractivity contribution in [1.82, 2.24) is 10.0 Å². The van der Waals surface area contributed by atoms with Crippen molar-refractivity contribution in [3.8, 4) is 11.5 Å². The summed E-state index contributed by atoms with van der Waals surface area (Å²) in [6, 6.07) is 12.3. The Labute approximate surface area is 189 Å². The molecule has 7 nitrogen and oxygen atoms in total. The molecule has 2 aromatic carbocycles. The molecule has 0 bridgehead atoms. The number of ether oxygens (including phenoxy) is 2. The van der Waals surface area contributed by atoms with Gasteiger partial charge in [0.25, 0.3) is 0 Å². The summed E-state index contributed by atoms with van der Waals surface area (Å²) in [5.74, 6) is 1.01. The predicted molar refractivity (Wildman–Crippen MR) is 124 cm³/mol. The van der Waals surface area contributed by atoms with Crippen LogP contribution < -0.4 is 19.5 Å². The van der Waals surface area contributed by atoms with Crippen molar-refractivity contribution in [1.29, 1.82) is 0 Å². The van der Waals surface area contributed by atoms with Crippen LogP contribution in [0.5, 0.6) is 11.5 Å². The molecule has 0 aromatic heterocycles. The summed E-state index contributed by atoms with van der Waals surface area (Å²) in [6.45, 7) is 0.446. The lowest BCUT2D eigenvalue weighted by molar-refractivity contribution is -0.116. The van der Waals surface area contributed by atoms with E-state index < -0.39 is 10.0 Å². The maximum absolute atomic E-state index is 12.5. The Bertz CT molecular complexity index is 1040. The normalized spacial score (nSPS) is 14.6. The molecule has 0 unspecified atom stereocenters. The molecule has 0 saturated heterocycles. The van der Waals surface area contributed by atoms with Gasteiger partial charge in [-0.2, -0.15) is 0 Å². The van der Waals surface area contributed by atoms with E-state index in [0.717, 1.165) is 36.8 Å². The van der Waals surface area contributed by atoms with Crippen molar-refractivity contribution in [2.75, 3.05) is 20.8 Å². The van der Waals surface area contributed by atoms with E-state index in [1.165, 1.54) is 6.08 Å². The Balaban J connectivity index is 1.47. The molecule has 8 heteroatoms. The van der Waals surface area contributed by atoms with Crippen LogP contribution in [0.3, 0.4) is 0 Å². The van der Waals surface area contributed by atoms with E-state index in [0.29, 0.717) is 24.5 Å². The second kappa shape index (κ2) is 11.2. The first-order valence-electron chi connectivity index (χ1n) is 10.7. The third-order valence-electron chi connectivity index (χ3n) is 5.46. The highest BCUT2D eigenvalue weighted by Gasteiger charge is 2.22. The van der Waals surface area contributed by atoms with Crippen molar-refractivity contribution in [2.24, 2.45) is 0 Å². The van der Waals surface area contributed by atoms with Gasteiger partial charge in [-0.15, -0.1) is 0 Å². The van der Waals surface area contributed by atoms with Gasteiger partial charge < -0.3 is 14.8 Å². The van der Waals surface area contributed by atoms with Crippen LogP contribution in [0, 0.1) is 0 Å². The average molecular weight is 459 g/mol. The van der Waals surface area contributed by atoms with Gasteiger partial charge in [-0.25, -0.2) is 13.1 Å². The molecular formula is C24H30N2O5S. The number of benzene rings is 2. The van der Waals surface area contributed by atoms with E-state index in [4.69, 9.17) is 9.47 Å². The molecule has 0 spiro atoms. The van der Waals surface area contributed by atoms with Gasteiger partial charge in [-0.05, 0) is 60.7 Å². The molecule has 1 saturated carbocycles. The van der Waals surface area contributed by atoms with Crippen LogP contribution >= 0.6 is 0 Å². The van der Waals surface area contributed by atoms with E-state index in [1.54, 1.807) is 56.7 Å². The monoisotopic (exact) mass is 458 g/mol. The fourth-order valence-corrected chi connectivity index (χ4v) is 4.99. The summed E-state index contributed by atoms with van der Waals surface area (Å²) in [5.41, 5.74) is 1.77. The standard InChI is InChI=1S/C24H30N2O5S/c1-30-22-13-9-19(17-23(22)31-2)10-14-24(27)25-16-15-18-7-11-21(12-8-18)32(28,29)26-20-5-3-4-6-20/h7-14,17,20,26H,3-6,15-16H2,1-2H3,(H,25,27)/b14-10+. The van der Waals surface area contributed by atoms with Crippen molar-refractivity contribution >= 4 is 22.0 Å². The minimum atomic E-state index is -3.48. The fourth-order valence-electron chi connectivity index (χ4n) is 3.68. The van der Waals surface area contributed by atoms with Gasteiger partial charge in [0.15, 0.2) is 11.5 Å². The van der Waals surface area contributed by atoms with Crippen LogP contribution in [0.4, 0.5) is 0 Å². The van der Waals surface area contributed by atoms with Gasteiger partial charge in [0.2, 0.25) is 15.9 Å². The van der Waals surface area contributed by atoms with E-state index in [9.17, 15) is 13.2 Å². The summed E-state index contributed by atoms with van der Waals surface area (Å²) < 4.78 is 38.2. The molecule has 0 aliphatic heterocycles. The number of hydrogen-bond donors (Lipinski definition) is 2. The molecule has 2 N–H and O–H groups in total. The molecule has 1 aliphatic carbocycles. The van der Waals surface area contributed by atoms with E-state index >= 15 is 0 Å². The number of carbonyl (C=O) groups excluding carboxylic acids is 1. The quantitative estimate of drug-likeness (QED) is 0.533. The van der Waals surface area contributed by atoms with Crippen molar-refractivity contribution in [3.63, 3.8) is 0 Å². The molecule has 1 amide bonds. The first-order chi connectivity index (χ1) is 15.4. The largest absolute Gasteiger partial charge is 0.493 e. The molecule has 2 aromatic rings. The van der Waals surface area contributed by atoms with Crippen LogP contribution in [0.25, 0.3) is 6.08 Å². The van der Waals surface area contributed by atoms with Crippen LogP contribution in [-0.4, -0.2) is 41.1 Å². The lowest BCUT2D eigenvalue weighted by atomic mass is 10.1. The number of sulfonamides is 1. The Morgan fingerprint density at radius 1 is 1.03 bits per heavy atom. The Morgan fingerprint density at radius 2 is 1.72 bits per heavy atom. The maximum atomic E-state index is 12.5. The van der Waals surface area contributed by atoms with Crippen LogP contribution in [0.1, 0.15) is 36.8 Å². The summed E-state index contributed by atoms with van der Waals surface area (Å²) >= 11 is 0. The zero-order valence-electron chi connectivity index (χ0n) is 18.5. The van der Waals surface area contributed by atoms with Crippen LogP contribution in [0.2, 0.25) is 0 Å². The Morgan fingerprint density at radius 3 is 2.38 bits per heavy atom. The molecule has 1 fully saturated rings. The fraction of sp³-hybridized carbons (Fsp3) is 0.375. The molecule has 3 rings (SSSR count). The van der Waals surface area contributed by atoms with Crippen molar-refractivity contribution in [2.45, 2.75) is 43.0 Å². The minimum Gasteiger partial charge on any atom is -0.493 e. The van der Waals surface area contributed by atoms with Gasteiger partial charge in [0.05, 0.1) is 19.1 Å². The SMILES string of the molecule is COc1ccc(/C=C/C(=O)NCCc2ccc(S(=O)(=O)NC3CCCC3)cc2)cc1OC. The number of amides is 1. The molecule has 172 valence electrons. The molecule has 32 heavy (non-hydrogen) atoms. The van der Waals surface area contributed by atoms with Gasteiger partial charge in [0.1, 0.15) is 0 Å². The summed E-state index contributed by atoms with van der Waals surface area (Å²) in [7, 11) is -0.352. The number of rotatable bonds is 10. The lowest BCUT2D eigenvalue weighted by Crippen LogP contribution is -2.32. The molecule has 0 heterocycles. The summed E-state index contributed by atoms with van der Waals surface area (Å²) in [6.07, 6.45) is 7.71. The van der Waals surface area contributed by atoms with Crippen LogP contribution in [0.15, 0.2) is 53.4 Å². The summed E-state index contributed by atoms with van der Waals surface area (Å²) in [5, 5.41) is 2.83. The third-order valence-corrected chi connectivity index (χ3v) is 6.99. The second-order valence-electron chi connectivity index (χ2n) is 7.74. The highest BCUT2D eigenvalue weighted by molar-refractivity contribution is 7.89. The first-order valence-corrected chi connectivity index (χ1v) is 12.2. The zero-order valence-corrected chi connectivity index (χ0v) is 19.3.